The van der Waals surface area contributed by atoms with Crippen LogP contribution >= 0.6 is 0 Å². The average Bonchev–Trinajstić information content (AvgIpc) is 2.74. The fourth-order valence-electron chi connectivity index (χ4n) is 3.41. The molecule has 1 fully saturated rings. The van der Waals surface area contributed by atoms with Crippen LogP contribution in [0.1, 0.15) is 5.69 Å². The van der Waals surface area contributed by atoms with Gasteiger partial charge in [-0.25, -0.2) is 9.97 Å². The number of ether oxygens (including phenoxy) is 1. The van der Waals surface area contributed by atoms with E-state index >= 15 is 0 Å². The Morgan fingerprint density at radius 2 is 1.59 bits per heavy atom. The fraction of sp³-hybridized carbons (Fsp3) is 0.286. The number of methoxy groups -OCH3 is 1. The summed E-state index contributed by atoms with van der Waals surface area (Å²) >= 11 is 0. The maximum atomic E-state index is 5.51. The van der Waals surface area contributed by atoms with Crippen molar-refractivity contribution in [1.82, 2.24) is 15.0 Å². The number of benzene rings is 1. The Labute approximate surface area is 159 Å². The van der Waals surface area contributed by atoms with Crippen molar-refractivity contribution in [3.05, 3.63) is 60.6 Å². The van der Waals surface area contributed by atoms with Gasteiger partial charge < -0.3 is 14.5 Å². The topological polar surface area (TPSA) is 54.4 Å². The van der Waals surface area contributed by atoms with Gasteiger partial charge >= 0.3 is 0 Å². The molecule has 1 aromatic carbocycles. The molecule has 1 aliphatic rings. The number of rotatable bonds is 4. The zero-order valence-corrected chi connectivity index (χ0v) is 15.7. The molecule has 1 aliphatic heterocycles. The standard InChI is InChI=1S/C21H23N5O/c1-16-15-20(24-21(23-16)17-7-9-22-10-8-17)26-13-11-25(12-14-26)18-5-3-4-6-19(18)27-2/h3-10,15H,11-14H2,1-2H3. The highest BCUT2D eigenvalue weighted by Gasteiger charge is 2.21. The van der Waals surface area contributed by atoms with Crippen LogP contribution in [-0.4, -0.2) is 48.2 Å². The maximum absolute atomic E-state index is 5.51. The normalized spacial score (nSPS) is 14.3. The van der Waals surface area contributed by atoms with Crippen LogP contribution < -0.4 is 14.5 Å². The molecule has 6 nitrogen and oxygen atoms in total. The number of pyridine rings is 1. The first-order chi connectivity index (χ1) is 13.2. The predicted molar refractivity (Wildman–Crippen MR) is 107 cm³/mol. The summed E-state index contributed by atoms with van der Waals surface area (Å²) in [6.45, 7) is 5.68. The molecule has 0 unspecified atom stereocenters. The van der Waals surface area contributed by atoms with Crippen molar-refractivity contribution >= 4 is 11.5 Å². The van der Waals surface area contributed by atoms with E-state index in [-0.39, 0.29) is 0 Å². The van der Waals surface area contributed by atoms with Crippen molar-refractivity contribution in [2.45, 2.75) is 6.92 Å². The summed E-state index contributed by atoms with van der Waals surface area (Å²) in [6, 6.07) is 14.1. The van der Waals surface area contributed by atoms with Gasteiger partial charge in [0.15, 0.2) is 5.82 Å². The smallest absolute Gasteiger partial charge is 0.161 e. The number of hydrogen-bond donors (Lipinski definition) is 0. The lowest BCUT2D eigenvalue weighted by Gasteiger charge is -2.37. The Morgan fingerprint density at radius 3 is 2.33 bits per heavy atom. The van der Waals surface area contributed by atoms with Gasteiger partial charge in [-0.05, 0) is 31.2 Å². The fourth-order valence-corrected chi connectivity index (χ4v) is 3.41. The summed E-state index contributed by atoms with van der Waals surface area (Å²) in [5, 5.41) is 0. The lowest BCUT2D eigenvalue weighted by Crippen LogP contribution is -2.47. The van der Waals surface area contributed by atoms with E-state index in [0.717, 1.165) is 60.5 Å². The number of aromatic nitrogens is 3. The minimum atomic E-state index is 0.750. The molecule has 0 radical (unpaired) electrons. The lowest BCUT2D eigenvalue weighted by molar-refractivity contribution is 0.413. The van der Waals surface area contributed by atoms with Gasteiger partial charge in [-0.1, -0.05) is 12.1 Å². The van der Waals surface area contributed by atoms with E-state index in [9.17, 15) is 0 Å². The van der Waals surface area contributed by atoms with E-state index in [1.807, 2.05) is 31.2 Å². The third-order valence-electron chi connectivity index (χ3n) is 4.81. The van der Waals surface area contributed by atoms with Crippen molar-refractivity contribution in [3.8, 4) is 17.1 Å². The second-order valence-electron chi connectivity index (χ2n) is 6.57. The second kappa shape index (κ2) is 7.61. The second-order valence-corrected chi connectivity index (χ2v) is 6.57. The van der Waals surface area contributed by atoms with Crippen LogP contribution in [0, 0.1) is 6.92 Å². The molecule has 0 atom stereocenters. The maximum Gasteiger partial charge on any atom is 0.161 e. The van der Waals surface area contributed by atoms with E-state index in [2.05, 4.69) is 38.0 Å². The predicted octanol–water partition coefficient (Wildman–Crippen LogP) is 3.18. The van der Waals surface area contributed by atoms with Crippen LogP contribution in [-0.2, 0) is 0 Å². The molecular weight excluding hydrogens is 338 g/mol. The van der Waals surface area contributed by atoms with Gasteiger partial charge in [0.1, 0.15) is 11.6 Å². The van der Waals surface area contributed by atoms with E-state index in [4.69, 9.17) is 9.72 Å². The molecule has 0 N–H and O–H groups in total. The first kappa shape index (κ1) is 17.3. The zero-order valence-electron chi connectivity index (χ0n) is 15.7. The molecule has 1 saturated heterocycles. The van der Waals surface area contributed by atoms with Crippen LogP contribution in [0.15, 0.2) is 54.9 Å². The van der Waals surface area contributed by atoms with E-state index in [1.165, 1.54) is 0 Å². The van der Waals surface area contributed by atoms with E-state index in [0.29, 0.717) is 0 Å². The Balaban J connectivity index is 1.52. The summed E-state index contributed by atoms with van der Waals surface area (Å²) in [7, 11) is 1.72. The molecule has 2 aromatic heterocycles. The highest BCUT2D eigenvalue weighted by molar-refractivity contribution is 5.60. The number of nitrogens with zero attached hydrogens (tertiary/aromatic N) is 5. The molecule has 3 heterocycles. The molecule has 138 valence electrons. The van der Waals surface area contributed by atoms with Gasteiger partial charge in [0.2, 0.25) is 0 Å². The number of piperazine rings is 1. The lowest BCUT2D eigenvalue weighted by atomic mass is 10.2. The molecular formula is C21H23N5O. The molecule has 0 amide bonds. The summed E-state index contributed by atoms with van der Waals surface area (Å²) < 4.78 is 5.51. The van der Waals surface area contributed by atoms with Crippen LogP contribution in [0.4, 0.5) is 11.5 Å². The first-order valence-electron chi connectivity index (χ1n) is 9.13. The molecule has 6 heteroatoms. The third-order valence-corrected chi connectivity index (χ3v) is 4.81. The molecule has 27 heavy (non-hydrogen) atoms. The van der Waals surface area contributed by atoms with Crippen LogP contribution in [0.5, 0.6) is 5.75 Å². The van der Waals surface area contributed by atoms with Crippen LogP contribution in [0.25, 0.3) is 11.4 Å². The van der Waals surface area contributed by atoms with Crippen LogP contribution in [0.3, 0.4) is 0 Å². The van der Waals surface area contributed by atoms with Crippen molar-refractivity contribution < 1.29 is 4.74 Å². The Hall–Kier alpha value is -3.15. The summed E-state index contributed by atoms with van der Waals surface area (Å²) in [5.41, 5.74) is 3.11. The van der Waals surface area contributed by atoms with Crippen LogP contribution in [0.2, 0.25) is 0 Å². The van der Waals surface area contributed by atoms with Crippen molar-refractivity contribution in [3.63, 3.8) is 0 Å². The van der Waals surface area contributed by atoms with Gasteiger partial charge in [0, 0.05) is 55.9 Å². The number of para-hydroxylation sites is 2. The van der Waals surface area contributed by atoms with Gasteiger partial charge in [0.05, 0.1) is 12.8 Å². The number of anilines is 2. The zero-order chi connectivity index (χ0) is 18.6. The van der Waals surface area contributed by atoms with Crippen molar-refractivity contribution in [2.75, 3.05) is 43.1 Å². The molecule has 3 aromatic rings. The Bertz CT molecular complexity index is 907. The molecule has 0 aliphatic carbocycles. The highest BCUT2D eigenvalue weighted by Crippen LogP contribution is 2.29. The van der Waals surface area contributed by atoms with E-state index in [1.54, 1.807) is 19.5 Å². The minimum Gasteiger partial charge on any atom is -0.495 e. The Morgan fingerprint density at radius 1 is 0.889 bits per heavy atom. The average molecular weight is 361 g/mol. The quantitative estimate of drug-likeness (QED) is 0.711. The van der Waals surface area contributed by atoms with Gasteiger partial charge in [-0.15, -0.1) is 0 Å². The molecule has 0 saturated carbocycles. The molecule has 4 rings (SSSR count). The van der Waals surface area contributed by atoms with Gasteiger partial charge in [0.25, 0.3) is 0 Å². The van der Waals surface area contributed by atoms with Gasteiger partial charge in [-0.3, -0.25) is 4.98 Å². The first-order valence-corrected chi connectivity index (χ1v) is 9.13. The van der Waals surface area contributed by atoms with Crippen molar-refractivity contribution in [1.29, 1.82) is 0 Å². The monoisotopic (exact) mass is 361 g/mol. The Kier molecular flexibility index (Phi) is 4.87. The van der Waals surface area contributed by atoms with E-state index < -0.39 is 0 Å². The summed E-state index contributed by atoms with van der Waals surface area (Å²) in [6.07, 6.45) is 3.54. The summed E-state index contributed by atoms with van der Waals surface area (Å²) in [5.74, 6) is 2.65. The number of hydrogen-bond acceptors (Lipinski definition) is 6. The number of aryl methyl sites for hydroxylation is 1. The molecule has 0 spiro atoms. The third kappa shape index (κ3) is 3.69. The largest absolute Gasteiger partial charge is 0.495 e. The summed E-state index contributed by atoms with van der Waals surface area (Å²) in [4.78, 5) is 18.2. The minimum absolute atomic E-state index is 0.750. The molecule has 0 bridgehead atoms. The SMILES string of the molecule is COc1ccccc1N1CCN(c2cc(C)nc(-c3ccncc3)n2)CC1. The van der Waals surface area contributed by atoms with Gasteiger partial charge in [-0.2, -0.15) is 0 Å². The highest BCUT2D eigenvalue weighted by atomic mass is 16.5. The van der Waals surface area contributed by atoms with Crippen molar-refractivity contribution in [2.24, 2.45) is 0 Å².